The van der Waals surface area contributed by atoms with Gasteiger partial charge in [0.1, 0.15) is 11.3 Å². The van der Waals surface area contributed by atoms with Crippen LogP contribution in [0.25, 0.3) is 23.2 Å². The predicted molar refractivity (Wildman–Crippen MR) is 155 cm³/mol. The lowest BCUT2D eigenvalue weighted by Gasteiger charge is -2.11. The van der Waals surface area contributed by atoms with E-state index in [0.717, 1.165) is 72.7 Å². The van der Waals surface area contributed by atoms with Gasteiger partial charge in [0, 0.05) is 24.7 Å². The van der Waals surface area contributed by atoms with Crippen LogP contribution in [0.4, 0.5) is 5.82 Å². The van der Waals surface area contributed by atoms with Crippen molar-refractivity contribution in [2.45, 2.75) is 105 Å². The van der Waals surface area contributed by atoms with E-state index in [1.54, 1.807) is 0 Å². The Kier molecular flexibility index (Phi) is 11.5. The summed E-state index contributed by atoms with van der Waals surface area (Å²) in [4.78, 5) is 9.67. The highest BCUT2D eigenvalue weighted by Crippen LogP contribution is 2.20. The van der Waals surface area contributed by atoms with E-state index in [1.165, 1.54) is 49.7 Å². The molecule has 2 heterocycles. The van der Waals surface area contributed by atoms with Crippen molar-refractivity contribution in [1.82, 2.24) is 19.9 Å². The van der Waals surface area contributed by atoms with Crippen molar-refractivity contribution in [3.05, 3.63) is 51.8 Å². The third-order valence-electron chi connectivity index (χ3n) is 6.90. The van der Waals surface area contributed by atoms with Gasteiger partial charge in [-0.1, -0.05) is 95.7 Å². The third kappa shape index (κ3) is 7.42. The first-order chi connectivity index (χ1) is 17.6. The second-order valence-corrected chi connectivity index (χ2v) is 9.87. The van der Waals surface area contributed by atoms with Crippen molar-refractivity contribution in [1.29, 1.82) is 0 Å². The number of aromatic nitrogens is 3. The molecule has 0 aliphatic carbocycles. The summed E-state index contributed by atoms with van der Waals surface area (Å²) in [6.45, 7) is 11.5. The fourth-order valence-corrected chi connectivity index (χ4v) is 4.85. The Morgan fingerprint density at radius 1 is 0.889 bits per heavy atom. The lowest BCUT2D eigenvalue weighted by atomic mass is 10.1. The highest BCUT2D eigenvalue weighted by atomic mass is 15.1. The van der Waals surface area contributed by atoms with Crippen LogP contribution in [0.15, 0.2) is 24.3 Å². The zero-order chi connectivity index (χ0) is 25.8. The van der Waals surface area contributed by atoms with Crippen molar-refractivity contribution in [3.8, 4) is 0 Å². The Morgan fingerprint density at radius 2 is 1.58 bits per heavy atom. The maximum absolute atomic E-state index is 6.41. The molecule has 3 aromatic rings. The number of benzene rings is 1. The average Bonchev–Trinajstić information content (AvgIpc) is 3.24. The van der Waals surface area contributed by atoms with E-state index in [-0.39, 0.29) is 0 Å². The molecule has 5 heteroatoms. The number of pyridine rings is 1. The third-order valence-corrected chi connectivity index (χ3v) is 6.90. The fraction of sp³-hybridized carbons (Fsp3) is 0.548. The van der Waals surface area contributed by atoms with E-state index in [9.17, 15) is 0 Å². The number of aryl methyl sites for hydroxylation is 1. The fourth-order valence-electron chi connectivity index (χ4n) is 4.85. The van der Waals surface area contributed by atoms with Gasteiger partial charge in [0.05, 0.1) is 10.9 Å². The number of hydrogen-bond donors (Lipinski definition) is 2. The minimum absolute atomic E-state index is 0.526. The van der Waals surface area contributed by atoms with Crippen molar-refractivity contribution in [2.75, 3.05) is 12.3 Å². The minimum Gasteiger partial charge on any atom is -0.382 e. The molecule has 1 aromatic carbocycles. The summed E-state index contributed by atoms with van der Waals surface area (Å²) in [5, 5.41) is 5.70. The number of nitrogens with two attached hydrogens (primary N) is 1. The molecule has 0 aliphatic heterocycles. The van der Waals surface area contributed by atoms with Gasteiger partial charge in [-0.15, -0.1) is 0 Å². The van der Waals surface area contributed by atoms with Crippen LogP contribution in [0.5, 0.6) is 0 Å². The molecular weight excluding hydrogens is 442 g/mol. The lowest BCUT2D eigenvalue weighted by Crippen LogP contribution is -2.31. The largest absolute Gasteiger partial charge is 0.382 e. The monoisotopic (exact) mass is 489 g/mol. The van der Waals surface area contributed by atoms with E-state index in [0.29, 0.717) is 5.82 Å². The quantitative estimate of drug-likeness (QED) is 0.263. The number of fused-ring (bicyclic) bond motifs is 1. The first-order valence-corrected chi connectivity index (χ1v) is 14.2. The van der Waals surface area contributed by atoms with Crippen LogP contribution in [-0.4, -0.2) is 21.1 Å². The Morgan fingerprint density at radius 3 is 2.28 bits per heavy atom. The molecule has 0 amide bonds. The molecule has 0 unspecified atom stereocenters. The molecule has 3 rings (SSSR count). The Bertz CT molecular complexity index is 1190. The van der Waals surface area contributed by atoms with E-state index >= 15 is 0 Å². The van der Waals surface area contributed by atoms with Crippen molar-refractivity contribution >= 4 is 29.0 Å². The topological polar surface area (TPSA) is 68.8 Å². The first kappa shape index (κ1) is 27.9. The van der Waals surface area contributed by atoms with Gasteiger partial charge in [0.2, 0.25) is 0 Å². The number of hydrogen-bond acceptors (Lipinski definition) is 4. The van der Waals surface area contributed by atoms with E-state index in [2.05, 4.69) is 79.0 Å². The summed E-state index contributed by atoms with van der Waals surface area (Å²) in [5.74, 6) is 1.63. The minimum atomic E-state index is 0.526. The Labute approximate surface area is 217 Å². The first-order valence-electron chi connectivity index (χ1n) is 14.2. The van der Waals surface area contributed by atoms with Crippen LogP contribution in [-0.2, 0) is 19.5 Å². The summed E-state index contributed by atoms with van der Waals surface area (Å²) >= 11 is 0. The number of imidazole rings is 1. The molecule has 0 aliphatic rings. The van der Waals surface area contributed by atoms with Crippen LogP contribution < -0.4 is 21.6 Å². The number of unbranched alkanes of at least 4 members (excludes halogenated alkanes) is 6. The van der Waals surface area contributed by atoms with Gasteiger partial charge in [-0.05, 0) is 43.9 Å². The van der Waals surface area contributed by atoms with Crippen LogP contribution >= 0.6 is 0 Å². The molecule has 2 aromatic heterocycles. The average molecular weight is 490 g/mol. The normalized spacial score (nSPS) is 12.8. The van der Waals surface area contributed by atoms with Crippen molar-refractivity contribution < 1.29 is 0 Å². The number of rotatable bonds is 15. The molecule has 0 saturated heterocycles. The highest BCUT2D eigenvalue weighted by molar-refractivity contribution is 5.86. The molecule has 0 saturated carbocycles. The number of anilines is 1. The van der Waals surface area contributed by atoms with Gasteiger partial charge in [-0.3, -0.25) is 0 Å². The summed E-state index contributed by atoms with van der Waals surface area (Å²) in [7, 11) is 0. The van der Waals surface area contributed by atoms with Crippen LogP contribution in [0.2, 0.25) is 0 Å². The number of nitrogen functional groups attached to an aromatic ring is 1. The molecule has 5 nitrogen and oxygen atoms in total. The SMILES string of the molecule is C/C=c1\c(=C/CC)nc(N)c2nc(CCCC)n(Cc3ccc(CNCCCCCCCC)cc3)c12. The second kappa shape index (κ2) is 14.8. The zero-order valence-corrected chi connectivity index (χ0v) is 23.1. The number of nitrogens with one attached hydrogen (secondary N) is 1. The summed E-state index contributed by atoms with van der Waals surface area (Å²) in [6.07, 6.45) is 16.4. The summed E-state index contributed by atoms with van der Waals surface area (Å²) < 4.78 is 2.37. The molecule has 0 atom stereocenters. The van der Waals surface area contributed by atoms with Gasteiger partial charge < -0.3 is 15.6 Å². The smallest absolute Gasteiger partial charge is 0.152 e. The van der Waals surface area contributed by atoms with E-state index in [4.69, 9.17) is 10.7 Å². The van der Waals surface area contributed by atoms with E-state index in [1.807, 2.05) is 0 Å². The van der Waals surface area contributed by atoms with Gasteiger partial charge in [0.25, 0.3) is 0 Å². The molecule has 196 valence electrons. The molecule has 0 radical (unpaired) electrons. The summed E-state index contributed by atoms with van der Waals surface area (Å²) in [6, 6.07) is 9.03. The molecule has 0 spiro atoms. The molecular formula is C31H47N5. The Balaban J connectivity index is 1.77. The van der Waals surface area contributed by atoms with Crippen LogP contribution in [0.3, 0.4) is 0 Å². The maximum Gasteiger partial charge on any atom is 0.152 e. The van der Waals surface area contributed by atoms with Crippen molar-refractivity contribution in [3.63, 3.8) is 0 Å². The predicted octanol–water partition coefficient (Wildman–Crippen LogP) is 5.85. The molecule has 3 N–H and O–H groups in total. The highest BCUT2D eigenvalue weighted by Gasteiger charge is 2.16. The molecule has 36 heavy (non-hydrogen) atoms. The van der Waals surface area contributed by atoms with Gasteiger partial charge in [-0.2, -0.15) is 0 Å². The van der Waals surface area contributed by atoms with Crippen molar-refractivity contribution in [2.24, 2.45) is 0 Å². The standard InChI is InChI=1S/C31H47N5/c1-5-9-11-12-13-14-21-33-22-24-17-19-25(20-18-24)23-36-28(16-10-6-2)35-29-30(36)26(8-4)27(15-7-3)34-31(29)32/h8,15,17-20,33H,5-7,9-14,16,21-23H2,1-4H3,(H2,32,34)/b26-8+,27-15+. The lowest BCUT2D eigenvalue weighted by molar-refractivity contribution is 0.572. The van der Waals surface area contributed by atoms with Gasteiger partial charge in [0.15, 0.2) is 5.82 Å². The van der Waals surface area contributed by atoms with Crippen LogP contribution in [0.1, 0.15) is 102 Å². The maximum atomic E-state index is 6.41. The second-order valence-electron chi connectivity index (χ2n) is 9.87. The van der Waals surface area contributed by atoms with Gasteiger partial charge >= 0.3 is 0 Å². The van der Waals surface area contributed by atoms with E-state index < -0.39 is 0 Å². The zero-order valence-electron chi connectivity index (χ0n) is 23.1. The van der Waals surface area contributed by atoms with Crippen LogP contribution in [0, 0.1) is 0 Å². The molecule has 0 bridgehead atoms. The summed E-state index contributed by atoms with van der Waals surface area (Å²) in [5.41, 5.74) is 11.0. The Hall–Kier alpha value is -2.66. The molecule has 0 fully saturated rings. The number of nitrogens with zero attached hydrogens (tertiary/aromatic N) is 3. The van der Waals surface area contributed by atoms with Gasteiger partial charge in [-0.25, -0.2) is 9.97 Å².